The first-order valence-electron chi connectivity index (χ1n) is 3.71. The highest BCUT2D eigenvalue weighted by atomic mass is 16.5. The fourth-order valence-corrected chi connectivity index (χ4v) is 1.02. The Hall–Kier alpha value is -1.06. The van der Waals surface area contributed by atoms with Crippen molar-refractivity contribution < 1.29 is 14.3 Å². The average molecular weight is 157 g/mol. The average Bonchev–Trinajstić information content (AvgIpc) is 1.99. The van der Waals surface area contributed by atoms with Gasteiger partial charge in [0.1, 0.15) is 6.61 Å². The van der Waals surface area contributed by atoms with E-state index in [1.54, 1.807) is 0 Å². The van der Waals surface area contributed by atoms with Gasteiger partial charge in [-0.2, -0.15) is 0 Å². The monoisotopic (exact) mass is 157 g/mol. The van der Waals surface area contributed by atoms with Gasteiger partial charge < -0.3 is 9.64 Å². The largest absolute Gasteiger partial charge is 0.457 e. The Morgan fingerprint density at radius 2 is 2.27 bits per heavy atom. The van der Waals surface area contributed by atoms with Crippen LogP contribution < -0.4 is 0 Å². The van der Waals surface area contributed by atoms with Crippen molar-refractivity contribution in [2.45, 2.75) is 13.3 Å². The third-order valence-corrected chi connectivity index (χ3v) is 1.55. The van der Waals surface area contributed by atoms with Gasteiger partial charge in [0.15, 0.2) is 0 Å². The van der Waals surface area contributed by atoms with E-state index in [4.69, 9.17) is 0 Å². The summed E-state index contributed by atoms with van der Waals surface area (Å²) in [5.74, 6) is -1.22. The molecule has 1 aliphatic heterocycles. The standard InChI is InChI=1S/C7H11NO3/c1-2-3-8-4-5-11-7(10)6(8)9/h2-5H2,1H3. The number of cyclic esters (lactones) is 1. The summed E-state index contributed by atoms with van der Waals surface area (Å²) in [6.07, 6.45) is 0.874. The summed E-state index contributed by atoms with van der Waals surface area (Å²) in [6, 6.07) is 0. The maximum atomic E-state index is 11.0. The van der Waals surface area contributed by atoms with E-state index < -0.39 is 11.9 Å². The number of esters is 1. The Morgan fingerprint density at radius 3 is 2.91 bits per heavy atom. The van der Waals surface area contributed by atoms with Crippen molar-refractivity contribution in [3.63, 3.8) is 0 Å². The highest BCUT2D eigenvalue weighted by Crippen LogP contribution is 2.00. The fourth-order valence-electron chi connectivity index (χ4n) is 1.02. The van der Waals surface area contributed by atoms with Crippen molar-refractivity contribution in [3.8, 4) is 0 Å². The molecule has 0 aromatic carbocycles. The summed E-state index contributed by atoms with van der Waals surface area (Å²) in [5.41, 5.74) is 0. The highest BCUT2D eigenvalue weighted by Gasteiger charge is 2.26. The van der Waals surface area contributed by atoms with Gasteiger partial charge in [-0.25, -0.2) is 4.79 Å². The molecule has 4 heteroatoms. The van der Waals surface area contributed by atoms with Crippen LogP contribution in [0, 0.1) is 0 Å². The molecule has 0 atom stereocenters. The second-order valence-electron chi connectivity index (χ2n) is 2.43. The number of hydrogen-bond donors (Lipinski definition) is 0. The van der Waals surface area contributed by atoms with Gasteiger partial charge in [0.25, 0.3) is 0 Å². The maximum Gasteiger partial charge on any atom is 0.397 e. The maximum absolute atomic E-state index is 11.0. The van der Waals surface area contributed by atoms with E-state index in [2.05, 4.69) is 4.74 Å². The zero-order valence-corrected chi connectivity index (χ0v) is 6.50. The molecule has 0 saturated carbocycles. The minimum Gasteiger partial charge on any atom is -0.457 e. The van der Waals surface area contributed by atoms with Crippen LogP contribution in [-0.2, 0) is 14.3 Å². The smallest absolute Gasteiger partial charge is 0.397 e. The van der Waals surface area contributed by atoms with Crippen molar-refractivity contribution >= 4 is 11.9 Å². The zero-order chi connectivity index (χ0) is 8.27. The van der Waals surface area contributed by atoms with Gasteiger partial charge in [0, 0.05) is 6.54 Å². The molecule has 4 nitrogen and oxygen atoms in total. The van der Waals surface area contributed by atoms with Crippen molar-refractivity contribution in [3.05, 3.63) is 0 Å². The van der Waals surface area contributed by atoms with Crippen LogP contribution in [0.3, 0.4) is 0 Å². The van der Waals surface area contributed by atoms with Crippen LogP contribution in [0.25, 0.3) is 0 Å². The van der Waals surface area contributed by atoms with E-state index in [1.165, 1.54) is 4.90 Å². The minimum atomic E-state index is -0.718. The second-order valence-corrected chi connectivity index (χ2v) is 2.43. The molecule has 1 rings (SSSR count). The number of amides is 1. The Bertz CT molecular complexity index is 177. The molecule has 1 aliphatic rings. The normalized spacial score (nSPS) is 18.5. The van der Waals surface area contributed by atoms with Gasteiger partial charge >= 0.3 is 11.9 Å². The third-order valence-electron chi connectivity index (χ3n) is 1.55. The molecule has 1 fully saturated rings. The number of carbonyl (C=O) groups excluding carboxylic acids is 2. The van der Waals surface area contributed by atoms with Crippen molar-refractivity contribution in [1.82, 2.24) is 4.90 Å². The summed E-state index contributed by atoms with van der Waals surface area (Å²) in [4.78, 5) is 23.2. The van der Waals surface area contributed by atoms with Crippen LogP contribution in [0.1, 0.15) is 13.3 Å². The van der Waals surface area contributed by atoms with E-state index in [0.29, 0.717) is 19.7 Å². The molecule has 0 N–H and O–H groups in total. The molecule has 62 valence electrons. The van der Waals surface area contributed by atoms with Crippen molar-refractivity contribution in [1.29, 1.82) is 0 Å². The molecule has 1 amide bonds. The molecule has 0 radical (unpaired) electrons. The van der Waals surface area contributed by atoms with Crippen LogP contribution in [0.5, 0.6) is 0 Å². The number of carbonyl (C=O) groups is 2. The van der Waals surface area contributed by atoms with Gasteiger partial charge in [-0.15, -0.1) is 0 Å². The Kier molecular flexibility index (Phi) is 2.46. The predicted octanol–water partition coefficient (Wildman–Crippen LogP) is -0.218. The quantitative estimate of drug-likeness (QED) is 0.411. The molecule has 0 aliphatic carbocycles. The molecule has 1 heterocycles. The number of hydrogen-bond acceptors (Lipinski definition) is 3. The van der Waals surface area contributed by atoms with Gasteiger partial charge in [0.2, 0.25) is 0 Å². The SMILES string of the molecule is CCCN1CCOC(=O)C1=O. The molecule has 0 spiro atoms. The third kappa shape index (κ3) is 1.69. The predicted molar refractivity (Wildman–Crippen MR) is 37.8 cm³/mol. The highest BCUT2D eigenvalue weighted by molar-refractivity contribution is 6.32. The molecule has 0 aromatic rings. The topological polar surface area (TPSA) is 46.6 Å². The van der Waals surface area contributed by atoms with Gasteiger partial charge in [-0.1, -0.05) is 6.92 Å². The summed E-state index contributed by atoms with van der Waals surface area (Å²) < 4.78 is 4.54. The minimum absolute atomic E-state index is 0.338. The van der Waals surface area contributed by atoms with Crippen LogP contribution >= 0.6 is 0 Å². The molecule has 11 heavy (non-hydrogen) atoms. The van der Waals surface area contributed by atoms with Crippen LogP contribution in [-0.4, -0.2) is 36.5 Å². The van der Waals surface area contributed by atoms with E-state index in [0.717, 1.165) is 6.42 Å². The van der Waals surface area contributed by atoms with Crippen LogP contribution in [0.15, 0.2) is 0 Å². The lowest BCUT2D eigenvalue weighted by atomic mass is 10.3. The lowest BCUT2D eigenvalue weighted by Gasteiger charge is -2.24. The van der Waals surface area contributed by atoms with Crippen molar-refractivity contribution in [2.75, 3.05) is 19.7 Å². The van der Waals surface area contributed by atoms with Crippen LogP contribution in [0.2, 0.25) is 0 Å². The summed E-state index contributed by atoms with van der Waals surface area (Å²) in [7, 11) is 0. The van der Waals surface area contributed by atoms with Gasteiger partial charge in [-0.3, -0.25) is 4.79 Å². The van der Waals surface area contributed by atoms with Crippen LogP contribution in [0.4, 0.5) is 0 Å². The molecule has 0 aromatic heterocycles. The first-order valence-corrected chi connectivity index (χ1v) is 3.71. The van der Waals surface area contributed by atoms with Crippen molar-refractivity contribution in [2.24, 2.45) is 0 Å². The van der Waals surface area contributed by atoms with E-state index in [9.17, 15) is 9.59 Å². The molecule has 1 saturated heterocycles. The van der Waals surface area contributed by atoms with Gasteiger partial charge in [0.05, 0.1) is 6.54 Å². The molecule has 0 bridgehead atoms. The molecule has 0 unspecified atom stereocenters. The molecular weight excluding hydrogens is 146 g/mol. The van der Waals surface area contributed by atoms with Gasteiger partial charge in [-0.05, 0) is 6.42 Å². The first kappa shape index (κ1) is 8.04. The number of morpholine rings is 1. The van der Waals surface area contributed by atoms with E-state index in [1.807, 2.05) is 6.92 Å². The number of nitrogens with zero attached hydrogens (tertiary/aromatic N) is 1. The van der Waals surface area contributed by atoms with E-state index >= 15 is 0 Å². The number of ether oxygens (including phenoxy) is 1. The Balaban J connectivity index is 2.51. The Morgan fingerprint density at radius 1 is 1.55 bits per heavy atom. The number of rotatable bonds is 2. The Labute approximate surface area is 65.1 Å². The van der Waals surface area contributed by atoms with E-state index in [-0.39, 0.29) is 0 Å². The summed E-state index contributed by atoms with van der Waals surface area (Å²) in [6.45, 7) is 3.49. The lowest BCUT2D eigenvalue weighted by molar-refractivity contribution is -0.166. The first-order chi connectivity index (χ1) is 5.25. The lowest BCUT2D eigenvalue weighted by Crippen LogP contribution is -2.45. The summed E-state index contributed by atoms with van der Waals surface area (Å²) in [5, 5.41) is 0. The summed E-state index contributed by atoms with van der Waals surface area (Å²) >= 11 is 0. The zero-order valence-electron chi connectivity index (χ0n) is 6.50. The molecular formula is C7H11NO3. The second kappa shape index (κ2) is 3.37. The fraction of sp³-hybridized carbons (Fsp3) is 0.714.